The summed E-state index contributed by atoms with van der Waals surface area (Å²) < 4.78 is 45.4. The third-order valence-electron chi connectivity index (χ3n) is 3.96. The lowest BCUT2D eigenvalue weighted by Gasteiger charge is -2.15. The highest BCUT2D eigenvalue weighted by atomic mass is 127. The molecule has 0 bridgehead atoms. The van der Waals surface area contributed by atoms with Gasteiger partial charge in [0.25, 0.3) is 11.6 Å². The highest BCUT2D eigenvalue weighted by Crippen LogP contribution is 2.36. The quantitative estimate of drug-likeness (QED) is 0.186. The number of halogens is 4. The molecule has 160 valence electrons. The molecule has 0 atom stereocenters. The molecule has 0 spiro atoms. The lowest BCUT2D eigenvalue weighted by Crippen LogP contribution is -2.34. The van der Waals surface area contributed by atoms with Crippen molar-refractivity contribution in [2.24, 2.45) is 0 Å². The number of carbonyl (C=O) groups excluding carboxylic acids is 1. The number of benzene rings is 2. The van der Waals surface area contributed by atoms with E-state index in [9.17, 15) is 28.1 Å². The molecule has 0 aliphatic rings. The molecule has 1 aromatic heterocycles. The van der Waals surface area contributed by atoms with Gasteiger partial charge in [-0.3, -0.25) is 20.2 Å². The fourth-order valence-corrected chi connectivity index (χ4v) is 3.32. The average Bonchev–Trinajstić information content (AvgIpc) is 3.18. The van der Waals surface area contributed by atoms with Crippen LogP contribution in [0, 0.1) is 13.7 Å². The molecular formula is C19H11F3IN3O4S. The third kappa shape index (κ3) is 5.38. The summed E-state index contributed by atoms with van der Waals surface area (Å²) in [5.74, 6) is -0.981. The number of nitrogens with one attached hydrogen (secondary N) is 2. The normalized spacial score (nSPS) is 11.1. The zero-order valence-corrected chi connectivity index (χ0v) is 18.2. The number of carbonyl (C=O) groups is 1. The Bertz CT molecular complexity index is 1180. The van der Waals surface area contributed by atoms with Crippen molar-refractivity contribution < 1.29 is 27.3 Å². The van der Waals surface area contributed by atoms with Crippen molar-refractivity contribution in [2.45, 2.75) is 6.18 Å². The molecule has 2 N–H and O–H groups in total. The summed E-state index contributed by atoms with van der Waals surface area (Å²) in [4.78, 5) is 22.9. The zero-order chi connectivity index (χ0) is 22.8. The maximum Gasteiger partial charge on any atom is 0.418 e. The number of alkyl halides is 3. The van der Waals surface area contributed by atoms with Gasteiger partial charge in [-0.05, 0) is 71.2 Å². The Morgan fingerprint density at radius 2 is 1.84 bits per heavy atom. The van der Waals surface area contributed by atoms with Crippen LogP contribution in [0.2, 0.25) is 0 Å². The highest BCUT2D eigenvalue weighted by Gasteiger charge is 2.34. The van der Waals surface area contributed by atoms with Gasteiger partial charge < -0.3 is 9.73 Å². The second-order valence-corrected chi connectivity index (χ2v) is 7.69. The Morgan fingerprint density at radius 1 is 1.13 bits per heavy atom. The minimum absolute atomic E-state index is 0.0771. The van der Waals surface area contributed by atoms with Crippen LogP contribution in [-0.2, 0) is 6.18 Å². The summed E-state index contributed by atoms with van der Waals surface area (Å²) >= 11 is 6.69. The number of nitro benzene ring substituents is 1. The van der Waals surface area contributed by atoms with E-state index in [2.05, 4.69) is 10.6 Å². The van der Waals surface area contributed by atoms with Gasteiger partial charge in [0.1, 0.15) is 5.76 Å². The predicted octanol–water partition coefficient (Wildman–Crippen LogP) is 5.61. The molecule has 7 nitrogen and oxygen atoms in total. The SMILES string of the molecule is O=C(NC(=S)Nc1ccc(I)cc1C(F)(F)F)c1ccc(-c2ccccc2[N+](=O)[O-])o1. The lowest BCUT2D eigenvalue weighted by atomic mass is 10.1. The van der Waals surface area contributed by atoms with Gasteiger partial charge in [-0.15, -0.1) is 0 Å². The number of nitrogens with zero attached hydrogens (tertiary/aromatic N) is 1. The molecule has 0 unspecified atom stereocenters. The summed E-state index contributed by atoms with van der Waals surface area (Å²) in [5.41, 5.74) is -1.30. The second-order valence-electron chi connectivity index (χ2n) is 6.03. The standard InChI is InChI=1S/C19H11F3IN3O4S/c20-19(21,22)12-9-10(23)5-6-13(12)24-18(31)25-17(27)16-8-7-15(30-16)11-3-1-2-4-14(11)26(28)29/h1-9H,(H2,24,25,27,31). The van der Waals surface area contributed by atoms with Gasteiger partial charge in [-0.1, -0.05) is 12.1 Å². The maximum absolute atomic E-state index is 13.2. The van der Waals surface area contributed by atoms with Crippen LogP contribution in [0.4, 0.5) is 24.5 Å². The van der Waals surface area contributed by atoms with E-state index in [1.165, 1.54) is 42.5 Å². The fourth-order valence-electron chi connectivity index (χ4n) is 2.62. The molecule has 31 heavy (non-hydrogen) atoms. The molecular weight excluding hydrogens is 550 g/mol. The maximum atomic E-state index is 13.2. The summed E-state index contributed by atoms with van der Waals surface area (Å²) in [6, 6.07) is 12.0. The minimum Gasteiger partial charge on any atom is -0.451 e. The van der Waals surface area contributed by atoms with E-state index in [1.54, 1.807) is 28.7 Å². The van der Waals surface area contributed by atoms with Crippen LogP contribution in [-0.4, -0.2) is 15.9 Å². The van der Waals surface area contributed by atoms with Crippen LogP contribution < -0.4 is 10.6 Å². The number of rotatable bonds is 4. The Labute approximate surface area is 191 Å². The molecule has 12 heteroatoms. The zero-order valence-electron chi connectivity index (χ0n) is 15.2. The number of amides is 1. The first kappa shape index (κ1) is 22.7. The lowest BCUT2D eigenvalue weighted by molar-refractivity contribution is -0.384. The molecule has 0 aliphatic heterocycles. The van der Waals surface area contributed by atoms with Gasteiger partial charge in [-0.25, -0.2) is 0 Å². The number of nitro groups is 1. The molecule has 0 radical (unpaired) electrons. The van der Waals surface area contributed by atoms with Crippen LogP contribution in [0.25, 0.3) is 11.3 Å². The fraction of sp³-hybridized carbons (Fsp3) is 0.0526. The van der Waals surface area contributed by atoms with E-state index in [0.29, 0.717) is 3.57 Å². The second kappa shape index (κ2) is 9.01. The number of hydrogen-bond donors (Lipinski definition) is 2. The Kier molecular flexibility index (Phi) is 6.59. The molecule has 0 saturated heterocycles. The number of anilines is 1. The summed E-state index contributed by atoms with van der Waals surface area (Å²) in [7, 11) is 0. The van der Waals surface area contributed by atoms with Crippen molar-refractivity contribution in [1.82, 2.24) is 5.32 Å². The molecule has 1 amide bonds. The first-order valence-corrected chi connectivity index (χ1v) is 9.87. The number of furan rings is 1. The van der Waals surface area contributed by atoms with Crippen LogP contribution in [0.5, 0.6) is 0 Å². The Morgan fingerprint density at radius 3 is 2.52 bits per heavy atom. The van der Waals surface area contributed by atoms with E-state index in [1.807, 2.05) is 0 Å². The summed E-state index contributed by atoms with van der Waals surface area (Å²) in [6.45, 7) is 0. The van der Waals surface area contributed by atoms with Crippen molar-refractivity contribution in [3.63, 3.8) is 0 Å². The molecule has 3 rings (SSSR count). The van der Waals surface area contributed by atoms with Gasteiger partial charge in [0.05, 0.1) is 21.7 Å². The molecule has 2 aromatic carbocycles. The van der Waals surface area contributed by atoms with Crippen molar-refractivity contribution in [3.05, 3.63) is 79.6 Å². The van der Waals surface area contributed by atoms with E-state index in [4.69, 9.17) is 16.6 Å². The van der Waals surface area contributed by atoms with Gasteiger partial charge >= 0.3 is 6.18 Å². The Hall–Kier alpha value is -3.00. The van der Waals surface area contributed by atoms with Crippen LogP contribution >= 0.6 is 34.8 Å². The largest absolute Gasteiger partial charge is 0.451 e. The first-order valence-electron chi connectivity index (χ1n) is 8.39. The van der Waals surface area contributed by atoms with Crippen LogP contribution in [0.3, 0.4) is 0 Å². The van der Waals surface area contributed by atoms with Crippen LogP contribution in [0.15, 0.2) is 59.0 Å². The third-order valence-corrected chi connectivity index (χ3v) is 4.83. The number of hydrogen-bond acceptors (Lipinski definition) is 5. The van der Waals surface area contributed by atoms with Crippen molar-refractivity contribution in [2.75, 3.05) is 5.32 Å². The highest BCUT2D eigenvalue weighted by molar-refractivity contribution is 14.1. The van der Waals surface area contributed by atoms with Crippen molar-refractivity contribution in [3.8, 4) is 11.3 Å². The van der Waals surface area contributed by atoms with Gasteiger partial charge in [0.15, 0.2) is 10.9 Å². The van der Waals surface area contributed by atoms with Crippen molar-refractivity contribution in [1.29, 1.82) is 0 Å². The smallest absolute Gasteiger partial charge is 0.418 e. The van der Waals surface area contributed by atoms with E-state index in [0.717, 1.165) is 6.07 Å². The molecule has 0 fully saturated rings. The first-order chi connectivity index (χ1) is 14.6. The summed E-state index contributed by atoms with van der Waals surface area (Å²) in [5, 5.41) is 15.4. The topological polar surface area (TPSA) is 97.4 Å². The monoisotopic (exact) mass is 561 g/mol. The van der Waals surface area contributed by atoms with Crippen LogP contribution in [0.1, 0.15) is 16.1 Å². The molecule has 0 saturated carbocycles. The van der Waals surface area contributed by atoms with E-state index >= 15 is 0 Å². The van der Waals surface area contributed by atoms with Gasteiger partial charge in [-0.2, -0.15) is 13.2 Å². The molecule has 0 aliphatic carbocycles. The number of thiocarbonyl (C=S) groups is 1. The van der Waals surface area contributed by atoms with Gasteiger partial charge in [0.2, 0.25) is 0 Å². The van der Waals surface area contributed by atoms with E-state index < -0.39 is 22.6 Å². The average molecular weight is 561 g/mol. The number of para-hydroxylation sites is 1. The minimum atomic E-state index is -4.62. The Balaban J connectivity index is 1.76. The molecule has 3 aromatic rings. The van der Waals surface area contributed by atoms with Crippen molar-refractivity contribution >= 4 is 57.2 Å². The van der Waals surface area contributed by atoms with E-state index in [-0.39, 0.29) is 33.6 Å². The molecule has 1 heterocycles. The predicted molar refractivity (Wildman–Crippen MR) is 119 cm³/mol. The summed E-state index contributed by atoms with van der Waals surface area (Å²) in [6.07, 6.45) is -4.62. The van der Waals surface area contributed by atoms with Gasteiger partial charge in [0, 0.05) is 9.64 Å².